The quantitative estimate of drug-likeness (QED) is 0.472. The van der Waals surface area contributed by atoms with E-state index in [4.69, 9.17) is 11.5 Å². The van der Waals surface area contributed by atoms with Gasteiger partial charge in [-0.15, -0.1) is 0 Å². The van der Waals surface area contributed by atoms with Crippen LogP contribution in [-0.4, -0.2) is 25.5 Å². The molecule has 0 saturated heterocycles. The van der Waals surface area contributed by atoms with Crippen LogP contribution in [0.15, 0.2) is 35.3 Å². The van der Waals surface area contributed by atoms with Crippen LogP contribution in [0.5, 0.6) is 0 Å². The number of nitrogens with two attached hydrogens (primary N) is 2. The first-order chi connectivity index (χ1) is 7.24. The highest BCUT2D eigenvalue weighted by Gasteiger charge is 2.04. The Morgan fingerprint density at radius 1 is 1.40 bits per heavy atom. The summed E-state index contributed by atoms with van der Waals surface area (Å²) < 4.78 is 0. The Balaban J connectivity index is 2.50. The maximum absolute atomic E-state index is 5.77. The van der Waals surface area contributed by atoms with Crippen molar-refractivity contribution in [3.63, 3.8) is 0 Å². The van der Waals surface area contributed by atoms with E-state index in [2.05, 4.69) is 10.3 Å². The molecule has 1 rings (SSSR count). The minimum atomic E-state index is -0.210. The molecule has 0 aliphatic rings. The van der Waals surface area contributed by atoms with E-state index in [9.17, 15) is 0 Å². The second-order valence-corrected chi connectivity index (χ2v) is 3.39. The summed E-state index contributed by atoms with van der Waals surface area (Å²) in [5.41, 5.74) is 12.6. The molecule has 0 aliphatic carbocycles. The largest absolute Gasteiger partial charge is 0.386 e. The molecule has 5 N–H and O–H groups in total. The number of rotatable bonds is 5. The molecule has 0 heterocycles. The highest BCUT2D eigenvalue weighted by Crippen LogP contribution is 2.00. The molecule has 4 heteroatoms. The molecule has 0 radical (unpaired) electrons. The summed E-state index contributed by atoms with van der Waals surface area (Å²) in [6.45, 7) is 1.23. The topological polar surface area (TPSA) is 76.4 Å². The molecule has 0 fully saturated rings. The minimum absolute atomic E-state index is 0.210. The summed E-state index contributed by atoms with van der Waals surface area (Å²) in [5.74, 6) is 0.494. The Morgan fingerprint density at radius 3 is 2.67 bits per heavy atom. The standard InChI is InChI=1S/C11H18N4/c1-14-8-10(12)11(13)15-7-9-5-3-2-4-6-9/h2-6,10,14H,7-8,12H2,1H3,(H2,13,15). The van der Waals surface area contributed by atoms with E-state index in [1.54, 1.807) is 0 Å². The number of amidine groups is 1. The van der Waals surface area contributed by atoms with E-state index in [0.717, 1.165) is 5.56 Å². The molecule has 1 aromatic rings. The van der Waals surface area contributed by atoms with Gasteiger partial charge in [0.2, 0.25) is 0 Å². The van der Waals surface area contributed by atoms with Crippen molar-refractivity contribution in [1.82, 2.24) is 5.32 Å². The number of hydrogen-bond donors (Lipinski definition) is 3. The van der Waals surface area contributed by atoms with E-state index in [0.29, 0.717) is 18.9 Å². The number of aliphatic imine (C=N–C) groups is 1. The molecule has 1 aromatic carbocycles. The fraction of sp³-hybridized carbons (Fsp3) is 0.364. The first kappa shape index (κ1) is 11.7. The van der Waals surface area contributed by atoms with Crippen LogP contribution in [0.2, 0.25) is 0 Å². The summed E-state index contributed by atoms with van der Waals surface area (Å²) in [6.07, 6.45) is 0. The first-order valence-electron chi connectivity index (χ1n) is 4.98. The van der Waals surface area contributed by atoms with Gasteiger partial charge in [-0.2, -0.15) is 0 Å². The van der Waals surface area contributed by atoms with E-state index in [-0.39, 0.29) is 6.04 Å². The number of likely N-dealkylation sites (N-methyl/N-ethyl adjacent to an activating group) is 1. The van der Waals surface area contributed by atoms with E-state index >= 15 is 0 Å². The zero-order chi connectivity index (χ0) is 11.1. The molecule has 15 heavy (non-hydrogen) atoms. The van der Waals surface area contributed by atoms with Gasteiger partial charge in [0, 0.05) is 6.54 Å². The van der Waals surface area contributed by atoms with Crippen molar-refractivity contribution in [2.45, 2.75) is 12.6 Å². The lowest BCUT2D eigenvalue weighted by molar-refractivity contribution is 0.729. The molecule has 1 atom stereocenters. The van der Waals surface area contributed by atoms with Gasteiger partial charge in [-0.1, -0.05) is 30.3 Å². The molecule has 0 aromatic heterocycles. The van der Waals surface area contributed by atoms with Crippen LogP contribution in [0.25, 0.3) is 0 Å². The van der Waals surface area contributed by atoms with Crippen LogP contribution in [0, 0.1) is 0 Å². The fourth-order valence-electron chi connectivity index (χ4n) is 1.21. The van der Waals surface area contributed by atoms with Gasteiger partial charge >= 0.3 is 0 Å². The predicted octanol–water partition coefficient (Wildman–Crippen LogP) is 0.0905. The molecule has 0 aliphatic heterocycles. The van der Waals surface area contributed by atoms with Crippen molar-refractivity contribution in [3.05, 3.63) is 35.9 Å². The Kier molecular flexibility index (Phi) is 4.80. The van der Waals surface area contributed by atoms with Gasteiger partial charge in [0.05, 0.1) is 12.6 Å². The second-order valence-electron chi connectivity index (χ2n) is 3.39. The van der Waals surface area contributed by atoms with Crippen LogP contribution in [0.1, 0.15) is 5.56 Å². The monoisotopic (exact) mass is 206 g/mol. The van der Waals surface area contributed by atoms with Gasteiger partial charge in [-0.25, -0.2) is 0 Å². The van der Waals surface area contributed by atoms with Crippen LogP contribution in [-0.2, 0) is 6.54 Å². The van der Waals surface area contributed by atoms with Gasteiger partial charge in [0.25, 0.3) is 0 Å². The highest BCUT2D eigenvalue weighted by molar-refractivity contribution is 5.85. The fourth-order valence-corrected chi connectivity index (χ4v) is 1.21. The first-order valence-corrected chi connectivity index (χ1v) is 4.98. The van der Waals surface area contributed by atoms with Crippen LogP contribution < -0.4 is 16.8 Å². The van der Waals surface area contributed by atoms with E-state index in [1.807, 2.05) is 37.4 Å². The molecule has 82 valence electrons. The molecule has 1 unspecified atom stereocenters. The number of nitrogens with zero attached hydrogens (tertiary/aromatic N) is 1. The molecular weight excluding hydrogens is 188 g/mol. The third kappa shape index (κ3) is 4.10. The van der Waals surface area contributed by atoms with Gasteiger partial charge in [-0.05, 0) is 12.6 Å². The molecule has 0 bridgehead atoms. The maximum Gasteiger partial charge on any atom is 0.112 e. The smallest absolute Gasteiger partial charge is 0.112 e. The SMILES string of the molecule is CNCC(N)C(N)=NCc1ccccc1. The van der Waals surface area contributed by atoms with Crippen molar-refractivity contribution in [2.24, 2.45) is 16.5 Å². The molecule has 0 spiro atoms. The summed E-state index contributed by atoms with van der Waals surface area (Å²) in [4.78, 5) is 4.24. The molecular formula is C11H18N4. The average Bonchev–Trinajstić information content (AvgIpc) is 2.27. The predicted molar refractivity (Wildman–Crippen MR) is 63.7 cm³/mol. The highest BCUT2D eigenvalue weighted by atomic mass is 14.9. The van der Waals surface area contributed by atoms with Crippen molar-refractivity contribution in [2.75, 3.05) is 13.6 Å². The van der Waals surface area contributed by atoms with Crippen molar-refractivity contribution >= 4 is 5.84 Å². The Labute approximate surface area is 90.4 Å². The van der Waals surface area contributed by atoms with Gasteiger partial charge in [-0.3, -0.25) is 4.99 Å². The lowest BCUT2D eigenvalue weighted by Crippen LogP contribution is -2.43. The minimum Gasteiger partial charge on any atom is -0.386 e. The number of benzene rings is 1. The van der Waals surface area contributed by atoms with Crippen LogP contribution >= 0.6 is 0 Å². The molecule has 0 saturated carbocycles. The Morgan fingerprint density at radius 2 is 2.07 bits per heavy atom. The maximum atomic E-state index is 5.77. The zero-order valence-corrected chi connectivity index (χ0v) is 8.98. The van der Waals surface area contributed by atoms with Gasteiger partial charge in [0.1, 0.15) is 5.84 Å². The average molecular weight is 206 g/mol. The summed E-state index contributed by atoms with van der Waals surface area (Å²) >= 11 is 0. The number of hydrogen-bond acceptors (Lipinski definition) is 3. The zero-order valence-electron chi connectivity index (χ0n) is 8.98. The Hall–Kier alpha value is -1.39. The second kappa shape index (κ2) is 6.16. The molecule has 4 nitrogen and oxygen atoms in total. The molecule has 0 amide bonds. The van der Waals surface area contributed by atoms with Crippen molar-refractivity contribution < 1.29 is 0 Å². The summed E-state index contributed by atoms with van der Waals surface area (Å²) in [7, 11) is 1.84. The van der Waals surface area contributed by atoms with E-state index in [1.165, 1.54) is 0 Å². The third-order valence-corrected chi connectivity index (χ3v) is 2.09. The summed E-state index contributed by atoms with van der Waals surface area (Å²) in [6, 6.07) is 9.76. The summed E-state index contributed by atoms with van der Waals surface area (Å²) in [5, 5.41) is 2.96. The van der Waals surface area contributed by atoms with Crippen LogP contribution in [0.3, 0.4) is 0 Å². The lowest BCUT2D eigenvalue weighted by Gasteiger charge is -2.09. The van der Waals surface area contributed by atoms with Gasteiger partial charge in [0.15, 0.2) is 0 Å². The normalized spacial score (nSPS) is 13.9. The number of nitrogens with one attached hydrogen (secondary N) is 1. The Bertz CT molecular complexity index is 308. The van der Waals surface area contributed by atoms with Gasteiger partial charge < -0.3 is 16.8 Å². The van der Waals surface area contributed by atoms with Crippen molar-refractivity contribution in [1.29, 1.82) is 0 Å². The van der Waals surface area contributed by atoms with E-state index < -0.39 is 0 Å². The third-order valence-electron chi connectivity index (χ3n) is 2.09. The van der Waals surface area contributed by atoms with Crippen LogP contribution in [0.4, 0.5) is 0 Å². The van der Waals surface area contributed by atoms with Crippen molar-refractivity contribution in [3.8, 4) is 0 Å². The lowest BCUT2D eigenvalue weighted by atomic mass is 10.2.